The van der Waals surface area contributed by atoms with Gasteiger partial charge in [-0.1, -0.05) is 51.1 Å². The Labute approximate surface area is 184 Å². The molecule has 0 saturated carbocycles. The maximum atomic E-state index is 6.02. The van der Waals surface area contributed by atoms with E-state index in [1.54, 1.807) is 0 Å². The molecule has 0 aliphatic rings. The number of hydrogen-bond acceptors (Lipinski definition) is 4. The highest BCUT2D eigenvalue weighted by Crippen LogP contribution is 2.35. The van der Waals surface area contributed by atoms with Gasteiger partial charge in [0.15, 0.2) is 0 Å². The molecule has 0 aliphatic carbocycles. The zero-order valence-corrected chi connectivity index (χ0v) is 20.4. The lowest BCUT2D eigenvalue weighted by molar-refractivity contribution is -0.104. The first kappa shape index (κ1) is 22.7. The fourth-order valence-electron chi connectivity index (χ4n) is 3.30. The van der Waals surface area contributed by atoms with Crippen molar-refractivity contribution in [3.05, 3.63) is 60.3 Å². The largest absolute Gasteiger partial charge is 0.489 e. The van der Waals surface area contributed by atoms with Crippen LogP contribution in [0.1, 0.15) is 26.3 Å². The maximum absolute atomic E-state index is 6.02. The second-order valence-electron chi connectivity index (χ2n) is 8.02. The third kappa shape index (κ3) is 5.40. The Morgan fingerprint density at radius 3 is 2.40 bits per heavy atom. The minimum atomic E-state index is -0.217. The smallest absolute Gasteiger partial charge is 0.229 e. The summed E-state index contributed by atoms with van der Waals surface area (Å²) in [7, 11) is 0.798. The Kier molecular flexibility index (Phi) is 7.88. The second kappa shape index (κ2) is 10.4. The molecule has 0 spiro atoms. The highest BCUT2D eigenvalue weighted by atomic mass is 28.2. The molecule has 5 nitrogen and oxygen atoms in total. The van der Waals surface area contributed by atoms with E-state index in [9.17, 15) is 0 Å². The number of ether oxygens (including phenoxy) is 1. The van der Waals surface area contributed by atoms with Gasteiger partial charge in [-0.15, -0.1) is 0 Å². The molecule has 0 bridgehead atoms. The van der Waals surface area contributed by atoms with Crippen LogP contribution in [0.25, 0.3) is 10.9 Å². The molecular formula is C23H30N2O3Si2. The maximum Gasteiger partial charge on any atom is 0.229 e. The van der Waals surface area contributed by atoms with Crippen molar-refractivity contribution >= 4 is 30.4 Å². The molecule has 3 rings (SSSR count). The number of benzene rings is 2. The fourth-order valence-corrected chi connectivity index (χ4v) is 4.52. The molecule has 4 radical (unpaired) electrons. The summed E-state index contributed by atoms with van der Waals surface area (Å²) >= 11 is 0. The minimum Gasteiger partial charge on any atom is -0.489 e. The van der Waals surface area contributed by atoms with Gasteiger partial charge in [-0.05, 0) is 36.7 Å². The van der Waals surface area contributed by atoms with Crippen molar-refractivity contribution in [2.45, 2.75) is 53.3 Å². The van der Waals surface area contributed by atoms with Crippen molar-refractivity contribution in [3.8, 4) is 5.75 Å². The third-order valence-corrected chi connectivity index (χ3v) is 6.54. The Bertz CT molecular complexity index is 925. The van der Waals surface area contributed by atoms with Gasteiger partial charge in [0, 0.05) is 23.4 Å². The molecular weight excluding hydrogens is 408 g/mol. The Morgan fingerprint density at radius 2 is 1.73 bits per heavy atom. The number of fused-ring (bicyclic) bond motifs is 1. The van der Waals surface area contributed by atoms with E-state index in [1.165, 1.54) is 0 Å². The van der Waals surface area contributed by atoms with Crippen molar-refractivity contribution in [3.63, 3.8) is 0 Å². The summed E-state index contributed by atoms with van der Waals surface area (Å²) in [4.78, 5) is 0. The van der Waals surface area contributed by atoms with Gasteiger partial charge < -0.3 is 13.6 Å². The van der Waals surface area contributed by atoms with Crippen LogP contribution in [0.5, 0.6) is 5.75 Å². The zero-order valence-electron chi connectivity index (χ0n) is 18.4. The second-order valence-corrected chi connectivity index (χ2v) is 9.31. The van der Waals surface area contributed by atoms with E-state index in [-0.39, 0.29) is 11.7 Å². The fraction of sp³-hybridized carbons (Fsp3) is 0.435. The number of aromatic nitrogens is 2. The molecule has 3 aromatic rings. The summed E-state index contributed by atoms with van der Waals surface area (Å²) in [5.41, 5.74) is 2.09. The van der Waals surface area contributed by atoms with Gasteiger partial charge in [0.2, 0.25) is 19.5 Å². The normalized spacial score (nSPS) is 13.1. The van der Waals surface area contributed by atoms with E-state index in [0.29, 0.717) is 32.1 Å². The molecule has 1 aromatic heterocycles. The zero-order chi connectivity index (χ0) is 21.6. The summed E-state index contributed by atoms with van der Waals surface area (Å²) in [6, 6.07) is 16.4. The quantitative estimate of drug-likeness (QED) is 0.313. The molecule has 0 saturated heterocycles. The predicted molar refractivity (Wildman–Crippen MR) is 123 cm³/mol. The van der Waals surface area contributed by atoms with E-state index in [4.69, 9.17) is 13.6 Å². The van der Waals surface area contributed by atoms with Gasteiger partial charge in [0.1, 0.15) is 18.6 Å². The van der Waals surface area contributed by atoms with Crippen LogP contribution in [-0.2, 0) is 22.0 Å². The topological polar surface area (TPSA) is 45.5 Å². The lowest BCUT2D eigenvalue weighted by Gasteiger charge is -2.39. The number of nitrogens with zero attached hydrogens (tertiary/aromatic N) is 2. The average Bonchev–Trinajstić information content (AvgIpc) is 3.15. The summed E-state index contributed by atoms with van der Waals surface area (Å²) in [6.07, 6.45) is 1.70. The number of rotatable bonds is 11. The Morgan fingerprint density at radius 1 is 1.03 bits per heavy atom. The highest BCUT2D eigenvalue weighted by molar-refractivity contribution is 6.26. The van der Waals surface area contributed by atoms with Crippen molar-refractivity contribution in [2.75, 3.05) is 0 Å². The Balaban J connectivity index is 1.75. The van der Waals surface area contributed by atoms with Gasteiger partial charge in [-0.25, -0.2) is 0 Å². The van der Waals surface area contributed by atoms with Crippen LogP contribution >= 0.6 is 0 Å². The third-order valence-electron chi connectivity index (χ3n) is 5.64. The van der Waals surface area contributed by atoms with E-state index in [2.05, 4.69) is 54.8 Å². The van der Waals surface area contributed by atoms with Gasteiger partial charge in [0.25, 0.3) is 0 Å². The summed E-state index contributed by atoms with van der Waals surface area (Å²) < 4.78 is 19.9. The van der Waals surface area contributed by atoms with Crippen LogP contribution in [0.3, 0.4) is 0 Å². The molecule has 30 heavy (non-hydrogen) atoms. The van der Waals surface area contributed by atoms with E-state index >= 15 is 0 Å². The highest BCUT2D eigenvalue weighted by Gasteiger charge is 2.36. The van der Waals surface area contributed by atoms with Crippen molar-refractivity contribution < 1.29 is 13.6 Å². The van der Waals surface area contributed by atoms with Crippen LogP contribution in [0.4, 0.5) is 0 Å². The first-order valence-corrected chi connectivity index (χ1v) is 13.0. The predicted octanol–water partition coefficient (Wildman–Crippen LogP) is 4.97. The van der Waals surface area contributed by atoms with E-state index < -0.39 is 0 Å². The summed E-state index contributed by atoms with van der Waals surface area (Å²) in [5, 5.41) is 5.75. The van der Waals surface area contributed by atoms with Crippen LogP contribution in [0, 0.1) is 11.3 Å². The minimum absolute atomic E-state index is 0.147. The molecule has 7 heteroatoms. The molecule has 0 amide bonds. The van der Waals surface area contributed by atoms with Crippen LogP contribution < -0.4 is 4.74 Å². The van der Waals surface area contributed by atoms with Crippen LogP contribution in [0.15, 0.2) is 54.7 Å². The molecule has 2 aromatic carbocycles. The molecule has 0 aliphatic heterocycles. The standard InChI is InChI=1S/C23H30N2O3Si2/c1-17(23(2,3)22(27-29-4)28-30-5)15-25-21-13-20(12-11-19(21)14-24-25)26-16-18-9-7-6-8-10-18/h6-14,17,22H,15-16H2,1-5H3/t17-/m1/s1. The molecule has 1 atom stereocenters. The lowest BCUT2D eigenvalue weighted by Crippen LogP contribution is -2.42. The van der Waals surface area contributed by atoms with Crippen molar-refractivity contribution in [1.29, 1.82) is 0 Å². The van der Waals surface area contributed by atoms with Crippen molar-refractivity contribution in [1.82, 2.24) is 9.78 Å². The molecule has 0 fully saturated rings. The first-order chi connectivity index (χ1) is 14.5. The van der Waals surface area contributed by atoms with E-state index in [0.717, 1.165) is 28.8 Å². The van der Waals surface area contributed by atoms with Crippen LogP contribution in [-0.4, -0.2) is 35.6 Å². The lowest BCUT2D eigenvalue weighted by atomic mass is 9.79. The van der Waals surface area contributed by atoms with Crippen molar-refractivity contribution in [2.24, 2.45) is 11.3 Å². The van der Waals surface area contributed by atoms with Gasteiger partial charge in [-0.2, -0.15) is 5.10 Å². The van der Waals surface area contributed by atoms with Gasteiger partial charge in [0.05, 0.1) is 11.7 Å². The molecule has 158 valence electrons. The first-order valence-electron chi connectivity index (χ1n) is 10.2. The molecule has 1 heterocycles. The number of hydrogen-bond donors (Lipinski definition) is 0. The Hall–Kier alpha value is -1.94. The monoisotopic (exact) mass is 438 g/mol. The van der Waals surface area contributed by atoms with Crippen LogP contribution in [0.2, 0.25) is 13.1 Å². The van der Waals surface area contributed by atoms with E-state index in [1.807, 2.05) is 43.6 Å². The van der Waals surface area contributed by atoms with Gasteiger partial charge in [-0.3, -0.25) is 4.68 Å². The summed E-state index contributed by atoms with van der Waals surface area (Å²) in [5.74, 6) is 1.15. The SMILES string of the molecule is C[Si]OC(O[Si]C)C(C)(C)[C@H](C)Cn1ncc2ccc(OCc3ccccc3)cc21. The molecule has 0 N–H and O–H groups in total. The average molecular weight is 439 g/mol. The summed E-state index contributed by atoms with van der Waals surface area (Å²) in [6.45, 7) is 12.1. The molecule has 0 unspecified atom stereocenters. The van der Waals surface area contributed by atoms with Gasteiger partial charge >= 0.3 is 0 Å².